The fourth-order valence-corrected chi connectivity index (χ4v) is 5.93. The standard InChI is InChI=1S/C51H84O6/c1-4-7-10-13-16-19-22-25-28-31-34-37-40-43-49(52)55-46-48(57-51(54)45-42-39-36-33-30-27-24-21-18-15-12-9-6-3)47-56-50(53)44-41-38-35-32-29-26-23-20-17-14-11-8-5-2/h7,9-10,12,16,18-21,23,25,27-28,30,48H,4-6,8,11,13-15,17,22,24,26,29,31-47H2,1-3H3/b10-7-,12-9-,19-16-,21-18-,23-20-,28-25-,30-27-. The molecule has 57 heavy (non-hydrogen) atoms. The first-order chi connectivity index (χ1) is 28.0. The lowest BCUT2D eigenvalue weighted by Gasteiger charge is -2.18. The molecule has 0 fully saturated rings. The number of hydrogen-bond acceptors (Lipinski definition) is 6. The Morgan fingerprint density at radius 2 is 0.684 bits per heavy atom. The maximum atomic E-state index is 12.7. The molecular weight excluding hydrogens is 709 g/mol. The SMILES string of the molecule is CC/C=C\C/C=C\C/C=C\CCCCCC(=O)OCC(COC(=O)CCCCCCC/C=C\CCCCCC)OC(=O)CCCCC/C=C\C/C=C\C/C=C\CC. The van der Waals surface area contributed by atoms with Crippen LogP contribution in [0, 0.1) is 0 Å². The Bertz CT molecular complexity index is 1140. The molecule has 0 aliphatic carbocycles. The van der Waals surface area contributed by atoms with Crippen LogP contribution >= 0.6 is 0 Å². The van der Waals surface area contributed by atoms with E-state index in [4.69, 9.17) is 14.2 Å². The lowest BCUT2D eigenvalue weighted by Crippen LogP contribution is -2.30. The van der Waals surface area contributed by atoms with Crippen LogP contribution in [-0.2, 0) is 28.6 Å². The quantitative estimate of drug-likeness (QED) is 0.0266. The number of carbonyl (C=O) groups is 3. The molecule has 0 spiro atoms. The van der Waals surface area contributed by atoms with Gasteiger partial charge in [-0.15, -0.1) is 0 Å². The van der Waals surface area contributed by atoms with E-state index >= 15 is 0 Å². The van der Waals surface area contributed by atoms with Crippen molar-refractivity contribution in [2.75, 3.05) is 13.2 Å². The van der Waals surface area contributed by atoms with Crippen molar-refractivity contribution >= 4 is 17.9 Å². The van der Waals surface area contributed by atoms with Crippen molar-refractivity contribution in [3.8, 4) is 0 Å². The van der Waals surface area contributed by atoms with Crippen LogP contribution < -0.4 is 0 Å². The van der Waals surface area contributed by atoms with Gasteiger partial charge < -0.3 is 14.2 Å². The van der Waals surface area contributed by atoms with Gasteiger partial charge >= 0.3 is 17.9 Å². The van der Waals surface area contributed by atoms with Crippen LogP contribution in [0.15, 0.2) is 85.1 Å². The second kappa shape index (κ2) is 45.3. The molecule has 1 unspecified atom stereocenters. The Balaban J connectivity index is 4.50. The Morgan fingerprint density at radius 1 is 0.368 bits per heavy atom. The van der Waals surface area contributed by atoms with E-state index in [2.05, 4.69) is 106 Å². The Hall–Kier alpha value is -3.41. The minimum Gasteiger partial charge on any atom is -0.462 e. The van der Waals surface area contributed by atoms with Crippen LogP contribution in [0.2, 0.25) is 0 Å². The van der Waals surface area contributed by atoms with Gasteiger partial charge in [0.25, 0.3) is 0 Å². The molecule has 0 N–H and O–H groups in total. The van der Waals surface area contributed by atoms with E-state index in [9.17, 15) is 14.4 Å². The molecule has 0 bridgehead atoms. The topological polar surface area (TPSA) is 78.9 Å². The van der Waals surface area contributed by atoms with E-state index in [0.29, 0.717) is 12.8 Å². The van der Waals surface area contributed by atoms with E-state index in [1.54, 1.807) is 0 Å². The highest BCUT2D eigenvalue weighted by molar-refractivity contribution is 5.71. The van der Waals surface area contributed by atoms with Crippen molar-refractivity contribution in [2.24, 2.45) is 0 Å². The molecule has 6 heteroatoms. The van der Waals surface area contributed by atoms with Crippen molar-refractivity contribution in [2.45, 2.75) is 207 Å². The first-order valence-corrected chi connectivity index (χ1v) is 23.1. The van der Waals surface area contributed by atoms with Crippen molar-refractivity contribution in [1.82, 2.24) is 0 Å². The number of hydrogen-bond donors (Lipinski definition) is 0. The zero-order valence-electron chi connectivity index (χ0n) is 36.8. The Labute approximate surface area is 350 Å². The number of ether oxygens (including phenoxy) is 3. The summed E-state index contributed by atoms with van der Waals surface area (Å²) in [7, 11) is 0. The lowest BCUT2D eigenvalue weighted by atomic mass is 10.1. The van der Waals surface area contributed by atoms with Crippen LogP contribution in [0.25, 0.3) is 0 Å². The number of carbonyl (C=O) groups excluding carboxylic acids is 3. The fraction of sp³-hybridized carbons (Fsp3) is 0.667. The van der Waals surface area contributed by atoms with E-state index in [-0.39, 0.29) is 37.5 Å². The minimum atomic E-state index is -0.805. The van der Waals surface area contributed by atoms with E-state index in [1.807, 2.05) is 0 Å². The van der Waals surface area contributed by atoms with Gasteiger partial charge in [0, 0.05) is 19.3 Å². The molecule has 0 heterocycles. The fourth-order valence-electron chi connectivity index (χ4n) is 5.93. The molecule has 1 atom stereocenters. The molecule has 0 saturated carbocycles. The second-order valence-corrected chi connectivity index (χ2v) is 14.9. The van der Waals surface area contributed by atoms with Crippen LogP contribution in [0.3, 0.4) is 0 Å². The number of unbranched alkanes of at least 4 members (excludes halogenated alkanes) is 15. The van der Waals surface area contributed by atoms with Gasteiger partial charge in [0.1, 0.15) is 13.2 Å². The number of esters is 3. The van der Waals surface area contributed by atoms with Crippen LogP contribution in [0.1, 0.15) is 201 Å². The Kier molecular flexibility index (Phi) is 42.6. The Morgan fingerprint density at radius 3 is 1.11 bits per heavy atom. The van der Waals surface area contributed by atoms with Gasteiger partial charge in [-0.25, -0.2) is 0 Å². The highest BCUT2D eigenvalue weighted by Crippen LogP contribution is 2.12. The maximum absolute atomic E-state index is 12.7. The molecule has 0 aliphatic heterocycles. The smallest absolute Gasteiger partial charge is 0.306 e. The van der Waals surface area contributed by atoms with E-state index in [1.165, 1.54) is 38.5 Å². The first kappa shape index (κ1) is 53.6. The summed E-state index contributed by atoms with van der Waals surface area (Å²) in [4.78, 5) is 37.8. The van der Waals surface area contributed by atoms with E-state index < -0.39 is 6.10 Å². The van der Waals surface area contributed by atoms with Gasteiger partial charge in [0.05, 0.1) is 0 Å². The van der Waals surface area contributed by atoms with Crippen molar-refractivity contribution in [3.63, 3.8) is 0 Å². The molecule has 6 nitrogen and oxygen atoms in total. The molecule has 0 radical (unpaired) electrons. The second-order valence-electron chi connectivity index (χ2n) is 14.9. The van der Waals surface area contributed by atoms with Crippen LogP contribution in [-0.4, -0.2) is 37.2 Å². The number of allylic oxidation sites excluding steroid dienone is 14. The van der Waals surface area contributed by atoms with Gasteiger partial charge in [0.2, 0.25) is 0 Å². The maximum Gasteiger partial charge on any atom is 0.306 e. The average molecular weight is 793 g/mol. The molecule has 0 aliphatic rings. The summed E-state index contributed by atoms with van der Waals surface area (Å²) in [5, 5.41) is 0. The number of rotatable bonds is 40. The summed E-state index contributed by atoms with van der Waals surface area (Å²) < 4.78 is 16.7. The normalized spacial score (nSPS) is 12.8. The predicted molar refractivity (Wildman–Crippen MR) is 242 cm³/mol. The molecule has 0 amide bonds. The van der Waals surface area contributed by atoms with Gasteiger partial charge in [-0.1, -0.05) is 157 Å². The minimum absolute atomic E-state index is 0.103. The summed E-state index contributed by atoms with van der Waals surface area (Å²) >= 11 is 0. The van der Waals surface area contributed by atoms with Gasteiger partial charge in [-0.2, -0.15) is 0 Å². The third kappa shape index (κ3) is 43.6. The lowest BCUT2D eigenvalue weighted by molar-refractivity contribution is -0.167. The average Bonchev–Trinajstić information content (AvgIpc) is 3.21. The highest BCUT2D eigenvalue weighted by atomic mass is 16.6. The summed E-state index contributed by atoms with van der Waals surface area (Å²) in [6.07, 6.45) is 57.1. The summed E-state index contributed by atoms with van der Waals surface area (Å²) in [6, 6.07) is 0. The largest absolute Gasteiger partial charge is 0.462 e. The molecule has 0 rings (SSSR count). The predicted octanol–water partition coefficient (Wildman–Crippen LogP) is 14.9. The molecule has 0 aromatic heterocycles. The van der Waals surface area contributed by atoms with Crippen LogP contribution in [0.4, 0.5) is 0 Å². The summed E-state index contributed by atoms with van der Waals surface area (Å²) in [5.74, 6) is -0.980. The van der Waals surface area contributed by atoms with Gasteiger partial charge in [-0.05, 0) is 109 Å². The molecule has 324 valence electrons. The zero-order chi connectivity index (χ0) is 41.5. The van der Waals surface area contributed by atoms with Crippen molar-refractivity contribution in [3.05, 3.63) is 85.1 Å². The molecule has 0 saturated heterocycles. The molecular formula is C51H84O6. The third-order valence-corrected chi connectivity index (χ3v) is 9.36. The van der Waals surface area contributed by atoms with Crippen LogP contribution in [0.5, 0.6) is 0 Å². The zero-order valence-corrected chi connectivity index (χ0v) is 36.8. The van der Waals surface area contributed by atoms with Crippen molar-refractivity contribution in [1.29, 1.82) is 0 Å². The summed E-state index contributed by atoms with van der Waals surface area (Å²) in [5.41, 5.74) is 0. The summed E-state index contributed by atoms with van der Waals surface area (Å²) in [6.45, 7) is 6.31. The van der Waals surface area contributed by atoms with Crippen molar-refractivity contribution < 1.29 is 28.6 Å². The first-order valence-electron chi connectivity index (χ1n) is 23.1. The highest BCUT2D eigenvalue weighted by Gasteiger charge is 2.19. The molecule has 0 aromatic carbocycles. The van der Waals surface area contributed by atoms with E-state index in [0.717, 1.165) is 122 Å². The molecule has 0 aromatic rings. The van der Waals surface area contributed by atoms with Gasteiger partial charge in [0.15, 0.2) is 6.10 Å². The third-order valence-electron chi connectivity index (χ3n) is 9.36. The van der Waals surface area contributed by atoms with Gasteiger partial charge in [-0.3, -0.25) is 14.4 Å². The monoisotopic (exact) mass is 793 g/mol.